The molecule has 0 atom stereocenters. The van der Waals surface area contributed by atoms with Gasteiger partial charge in [-0.25, -0.2) is 0 Å². The Morgan fingerprint density at radius 2 is 0.889 bits per heavy atom. The van der Waals surface area contributed by atoms with Crippen molar-refractivity contribution in [2.45, 2.75) is 129 Å². The molecular weight excluding hydrogens is 669 g/mol. The van der Waals surface area contributed by atoms with Crippen molar-refractivity contribution in [3.63, 3.8) is 0 Å². The molecule has 276 valence electrons. The van der Waals surface area contributed by atoms with Crippen LogP contribution >= 0.6 is 0 Å². The highest BCUT2D eigenvalue weighted by molar-refractivity contribution is 6.43. The summed E-state index contributed by atoms with van der Waals surface area (Å²) < 4.78 is 0. The van der Waals surface area contributed by atoms with E-state index in [4.69, 9.17) is 0 Å². The van der Waals surface area contributed by atoms with E-state index >= 15 is 0 Å². The lowest BCUT2D eigenvalue weighted by molar-refractivity contribution is 0.0487. The standard InChI is InChI=1S/C48H50N2O4/c1-3-5-7-11-17-29-27-37-41-35(45(51)49(47(37)53)31-19-13-9-14-20-31)26-24-34-40-30(18-12-8-6-4-2)28-38-42-36(25-23-33(44(40)42)39(29)43(34)41)46(52)50(48(38)54)32-21-15-10-16-22-32/h11-12,17-18,23-28,31-32H,3-10,13-16,19-22H2,1-2H3. The molecule has 0 spiro atoms. The molecule has 4 aliphatic rings. The number of benzene rings is 5. The van der Waals surface area contributed by atoms with E-state index in [0.29, 0.717) is 22.3 Å². The molecule has 2 aliphatic carbocycles. The first kappa shape index (κ1) is 34.9. The monoisotopic (exact) mass is 718 g/mol. The van der Waals surface area contributed by atoms with Crippen molar-refractivity contribution in [2.24, 2.45) is 0 Å². The number of allylic oxidation sites excluding steroid dienone is 2. The Hall–Kier alpha value is -4.84. The quantitative estimate of drug-likeness (QED) is 0.0623. The van der Waals surface area contributed by atoms with E-state index in [9.17, 15) is 19.2 Å². The number of imide groups is 2. The fourth-order valence-corrected chi connectivity index (χ4v) is 10.2. The number of nitrogens with zero attached hydrogens (tertiary/aromatic N) is 2. The van der Waals surface area contributed by atoms with Crippen LogP contribution in [0.3, 0.4) is 0 Å². The molecule has 2 fully saturated rings. The molecule has 2 aliphatic heterocycles. The van der Waals surface area contributed by atoms with Crippen LogP contribution in [0.5, 0.6) is 0 Å². The first-order valence-corrected chi connectivity index (χ1v) is 20.8. The predicted molar refractivity (Wildman–Crippen MR) is 220 cm³/mol. The molecule has 54 heavy (non-hydrogen) atoms. The van der Waals surface area contributed by atoms with Crippen molar-refractivity contribution in [1.82, 2.24) is 9.80 Å². The lowest BCUT2D eigenvalue weighted by atomic mass is 9.78. The summed E-state index contributed by atoms with van der Waals surface area (Å²) in [5, 5.41) is 7.12. The third-order valence-corrected chi connectivity index (χ3v) is 12.9. The maximum absolute atomic E-state index is 14.6. The van der Waals surface area contributed by atoms with E-state index < -0.39 is 0 Å². The Labute approximate surface area is 317 Å². The third-order valence-electron chi connectivity index (χ3n) is 12.9. The summed E-state index contributed by atoms with van der Waals surface area (Å²) in [5.74, 6) is -0.780. The molecule has 5 aromatic rings. The number of hydrogen-bond donors (Lipinski definition) is 0. The number of carbonyl (C=O) groups excluding carboxylic acids is 4. The van der Waals surface area contributed by atoms with Gasteiger partial charge in [-0.2, -0.15) is 0 Å². The molecule has 6 heteroatoms. The van der Waals surface area contributed by atoms with Gasteiger partial charge in [0.25, 0.3) is 23.6 Å². The lowest BCUT2D eigenvalue weighted by Gasteiger charge is -2.37. The Morgan fingerprint density at radius 1 is 0.500 bits per heavy atom. The SMILES string of the molecule is CCCCC=Cc1cc2c3c(ccc4c5c(C=CCCCC)cc6c7c(ccc(c1c34)c75)C(=O)N(C1CCCCC1)C6=O)C(=O)N(C1CCCCC1)C2=O. The minimum Gasteiger partial charge on any atom is -0.271 e. The lowest BCUT2D eigenvalue weighted by Crippen LogP contribution is -2.48. The fourth-order valence-electron chi connectivity index (χ4n) is 10.2. The van der Waals surface area contributed by atoms with Gasteiger partial charge in [-0.05, 0) is 106 Å². The normalized spacial score (nSPS) is 18.8. The Bertz CT molecular complexity index is 2250. The second-order valence-electron chi connectivity index (χ2n) is 16.2. The largest absolute Gasteiger partial charge is 0.271 e. The number of unbranched alkanes of at least 4 members (excludes halogenated alkanes) is 4. The summed E-state index contributed by atoms with van der Waals surface area (Å²) in [6, 6.07) is 11.9. The van der Waals surface area contributed by atoms with Gasteiger partial charge in [0.1, 0.15) is 0 Å². The van der Waals surface area contributed by atoms with Crippen molar-refractivity contribution >= 4 is 78.9 Å². The average molecular weight is 719 g/mol. The number of hydrogen-bond acceptors (Lipinski definition) is 4. The molecule has 0 unspecified atom stereocenters. The van der Waals surface area contributed by atoms with Gasteiger partial charge in [-0.3, -0.25) is 29.0 Å². The molecule has 2 heterocycles. The van der Waals surface area contributed by atoms with Crippen LogP contribution in [0, 0.1) is 0 Å². The van der Waals surface area contributed by atoms with Gasteiger partial charge in [-0.1, -0.05) is 114 Å². The number of fused-ring (bicyclic) bond motifs is 2. The molecule has 4 amide bonds. The zero-order valence-corrected chi connectivity index (χ0v) is 31.8. The van der Waals surface area contributed by atoms with Crippen molar-refractivity contribution in [3.05, 3.63) is 81.9 Å². The second kappa shape index (κ2) is 14.1. The van der Waals surface area contributed by atoms with Gasteiger partial charge in [0.2, 0.25) is 0 Å². The molecule has 9 rings (SSSR count). The molecule has 0 saturated heterocycles. The van der Waals surface area contributed by atoms with Crippen molar-refractivity contribution < 1.29 is 19.2 Å². The summed E-state index contributed by atoms with van der Waals surface area (Å²) in [5.41, 5.74) is 4.21. The van der Waals surface area contributed by atoms with E-state index in [2.05, 4.69) is 50.3 Å². The molecule has 6 nitrogen and oxygen atoms in total. The Morgan fingerprint density at radius 3 is 1.28 bits per heavy atom. The molecule has 0 bridgehead atoms. The van der Waals surface area contributed by atoms with Gasteiger partial charge < -0.3 is 0 Å². The minimum absolute atomic E-state index is 0.0854. The van der Waals surface area contributed by atoms with Crippen LogP contribution in [0.25, 0.3) is 55.2 Å². The minimum atomic E-state index is -0.196. The van der Waals surface area contributed by atoms with Gasteiger partial charge >= 0.3 is 0 Å². The average Bonchev–Trinajstić information content (AvgIpc) is 3.20. The highest BCUT2D eigenvalue weighted by Gasteiger charge is 2.42. The van der Waals surface area contributed by atoms with Crippen molar-refractivity contribution in [1.29, 1.82) is 0 Å². The van der Waals surface area contributed by atoms with E-state index in [-0.39, 0.29) is 35.7 Å². The van der Waals surface area contributed by atoms with E-state index in [1.165, 1.54) is 0 Å². The Kier molecular flexibility index (Phi) is 9.11. The molecule has 5 aromatic carbocycles. The highest BCUT2D eigenvalue weighted by atomic mass is 16.2. The zero-order valence-electron chi connectivity index (χ0n) is 31.8. The van der Waals surface area contributed by atoms with E-state index in [1.54, 1.807) is 9.80 Å². The van der Waals surface area contributed by atoms with Crippen molar-refractivity contribution in [3.8, 4) is 0 Å². The molecule has 2 saturated carbocycles. The fraction of sp³-hybridized carbons (Fsp3) is 0.417. The van der Waals surface area contributed by atoms with Crippen molar-refractivity contribution in [2.75, 3.05) is 0 Å². The van der Waals surface area contributed by atoms with Crippen LogP contribution in [0.4, 0.5) is 0 Å². The maximum Gasteiger partial charge on any atom is 0.261 e. The second-order valence-corrected chi connectivity index (χ2v) is 16.2. The number of amides is 4. The Balaban J connectivity index is 1.38. The first-order valence-electron chi connectivity index (χ1n) is 20.8. The van der Waals surface area contributed by atoms with Crippen LogP contribution < -0.4 is 0 Å². The summed E-state index contributed by atoms with van der Waals surface area (Å²) in [6.07, 6.45) is 24.6. The third kappa shape index (κ3) is 5.34. The number of carbonyl (C=O) groups is 4. The number of rotatable bonds is 10. The topological polar surface area (TPSA) is 74.8 Å². The predicted octanol–water partition coefficient (Wildman–Crippen LogP) is 12.0. The van der Waals surface area contributed by atoms with E-state index in [1.807, 2.05) is 24.3 Å². The van der Waals surface area contributed by atoms with Gasteiger partial charge in [0.05, 0.1) is 0 Å². The summed E-state index contributed by atoms with van der Waals surface area (Å²) in [7, 11) is 0. The first-order chi connectivity index (χ1) is 26.4. The van der Waals surface area contributed by atoms with Crippen LogP contribution in [-0.2, 0) is 0 Å². The van der Waals surface area contributed by atoms with Crippen LogP contribution in [0.1, 0.15) is 169 Å². The summed E-state index contributed by atoms with van der Waals surface area (Å²) in [4.78, 5) is 61.3. The van der Waals surface area contributed by atoms with Crippen LogP contribution in [0.2, 0.25) is 0 Å². The molecule has 0 aromatic heterocycles. The highest BCUT2D eigenvalue weighted by Crippen LogP contribution is 2.50. The van der Waals surface area contributed by atoms with Crippen LogP contribution in [0.15, 0.2) is 48.6 Å². The molecular formula is C48H50N2O4. The summed E-state index contributed by atoms with van der Waals surface area (Å²) in [6.45, 7) is 4.37. The van der Waals surface area contributed by atoms with E-state index in [0.717, 1.165) is 157 Å². The molecule has 0 N–H and O–H groups in total. The zero-order chi connectivity index (χ0) is 37.1. The van der Waals surface area contributed by atoms with Gasteiger partial charge in [0.15, 0.2) is 0 Å². The van der Waals surface area contributed by atoms with Gasteiger partial charge in [0, 0.05) is 45.1 Å². The van der Waals surface area contributed by atoms with Gasteiger partial charge in [-0.15, -0.1) is 0 Å². The summed E-state index contributed by atoms with van der Waals surface area (Å²) >= 11 is 0. The maximum atomic E-state index is 14.6. The smallest absolute Gasteiger partial charge is 0.261 e. The molecule has 0 radical (unpaired) electrons. The van der Waals surface area contributed by atoms with Crippen LogP contribution in [-0.4, -0.2) is 45.5 Å².